The van der Waals surface area contributed by atoms with Crippen LogP contribution in [0, 0.1) is 0 Å². The molecule has 0 saturated carbocycles. The predicted molar refractivity (Wildman–Crippen MR) is 65.4 cm³/mol. The third-order valence-corrected chi connectivity index (χ3v) is 2.75. The van der Waals surface area contributed by atoms with Gasteiger partial charge in [0, 0.05) is 7.05 Å². The molecule has 0 saturated heterocycles. The largest absolute Gasteiger partial charge is 0.476 e. The van der Waals surface area contributed by atoms with E-state index in [-0.39, 0.29) is 11.3 Å². The molecule has 1 aromatic carbocycles. The van der Waals surface area contributed by atoms with Crippen LogP contribution in [0.3, 0.4) is 0 Å². The molecule has 7 heteroatoms. The van der Waals surface area contributed by atoms with Gasteiger partial charge in [-0.05, 0) is 17.2 Å². The number of carboxylic acid groups (broad SMARTS) is 1. The molecule has 20 heavy (non-hydrogen) atoms. The highest BCUT2D eigenvalue weighted by Crippen LogP contribution is 2.24. The third-order valence-electron chi connectivity index (χ3n) is 2.75. The Kier molecular flexibility index (Phi) is 3.52. The van der Waals surface area contributed by atoms with E-state index >= 15 is 0 Å². The van der Waals surface area contributed by atoms with Gasteiger partial charge < -0.3 is 5.11 Å². The average molecular weight is 284 g/mol. The summed E-state index contributed by atoms with van der Waals surface area (Å²) in [5.41, 5.74) is 1.18. The van der Waals surface area contributed by atoms with Crippen molar-refractivity contribution in [2.75, 3.05) is 0 Å². The highest BCUT2D eigenvalue weighted by molar-refractivity contribution is 5.87. The second kappa shape index (κ2) is 4.99. The Morgan fingerprint density at radius 1 is 1.30 bits per heavy atom. The summed E-state index contributed by atoms with van der Waals surface area (Å²) in [5, 5.41) is 12.6. The first-order valence-corrected chi connectivity index (χ1v) is 5.69. The van der Waals surface area contributed by atoms with Crippen molar-refractivity contribution < 1.29 is 23.1 Å². The van der Waals surface area contributed by atoms with Crippen LogP contribution in [-0.4, -0.2) is 27.0 Å². The fraction of sp³-hybridized carbons (Fsp3) is 0.231. The third kappa shape index (κ3) is 3.17. The van der Waals surface area contributed by atoms with Gasteiger partial charge in [0.2, 0.25) is 0 Å². The maximum Gasteiger partial charge on any atom is 0.393 e. The zero-order chi connectivity index (χ0) is 14.9. The van der Waals surface area contributed by atoms with Crippen molar-refractivity contribution in [1.29, 1.82) is 0 Å². The topological polar surface area (TPSA) is 55.1 Å². The number of benzene rings is 1. The number of aromatic nitrogens is 2. The quantitative estimate of drug-likeness (QED) is 0.942. The zero-order valence-electron chi connectivity index (χ0n) is 10.5. The Labute approximate surface area is 112 Å². The van der Waals surface area contributed by atoms with Gasteiger partial charge in [-0.2, -0.15) is 18.3 Å². The minimum atomic E-state index is -4.25. The number of halogens is 3. The van der Waals surface area contributed by atoms with E-state index in [2.05, 4.69) is 5.10 Å². The molecule has 2 aromatic rings. The lowest BCUT2D eigenvalue weighted by Crippen LogP contribution is -2.11. The Hall–Kier alpha value is -2.31. The van der Waals surface area contributed by atoms with Gasteiger partial charge in [-0.1, -0.05) is 24.3 Å². The number of aryl methyl sites for hydroxylation is 1. The lowest BCUT2D eigenvalue weighted by atomic mass is 10.1. The van der Waals surface area contributed by atoms with Gasteiger partial charge in [-0.3, -0.25) is 4.68 Å². The van der Waals surface area contributed by atoms with Crippen molar-refractivity contribution in [2.24, 2.45) is 7.05 Å². The molecule has 0 spiro atoms. The summed E-state index contributed by atoms with van der Waals surface area (Å²) < 4.78 is 38.1. The summed E-state index contributed by atoms with van der Waals surface area (Å²) in [6.07, 6.45) is -5.23. The number of nitrogens with zero attached hydrogens (tertiary/aromatic N) is 2. The van der Waals surface area contributed by atoms with Crippen molar-refractivity contribution in [3.63, 3.8) is 0 Å². The Morgan fingerprint density at radius 3 is 2.35 bits per heavy atom. The number of carbonyl (C=O) groups is 1. The maximum atomic E-state index is 12.2. The smallest absolute Gasteiger partial charge is 0.393 e. The Morgan fingerprint density at radius 2 is 1.90 bits per heavy atom. The molecular formula is C13H11F3N2O2. The number of carboxylic acids is 1. The predicted octanol–water partition coefficient (Wildman–Crippen LogP) is 2.89. The maximum absolute atomic E-state index is 12.2. The first kappa shape index (κ1) is 14.1. The first-order valence-electron chi connectivity index (χ1n) is 5.69. The van der Waals surface area contributed by atoms with Crippen LogP contribution in [0.4, 0.5) is 13.2 Å². The summed E-state index contributed by atoms with van der Waals surface area (Å²) in [6.45, 7) is 0. The summed E-state index contributed by atoms with van der Waals surface area (Å²) in [4.78, 5) is 10.8. The van der Waals surface area contributed by atoms with E-state index in [0.29, 0.717) is 11.3 Å². The molecule has 0 radical (unpaired) electrons. The van der Waals surface area contributed by atoms with E-state index < -0.39 is 18.6 Å². The van der Waals surface area contributed by atoms with E-state index in [1.54, 1.807) is 7.05 Å². The molecule has 0 fully saturated rings. The molecule has 2 rings (SSSR count). The summed E-state index contributed by atoms with van der Waals surface area (Å²) >= 11 is 0. The average Bonchev–Trinajstić information content (AvgIpc) is 2.70. The van der Waals surface area contributed by atoms with Crippen LogP contribution in [0.1, 0.15) is 16.1 Å². The first-order chi connectivity index (χ1) is 9.26. The van der Waals surface area contributed by atoms with Crippen LogP contribution in [0.15, 0.2) is 30.3 Å². The SMILES string of the molecule is Cn1nc(C(=O)O)cc1-c1ccc(CC(F)(F)F)cc1. The van der Waals surface area contributed by atoms with Crippen LogP contribution >= 0.6 is 0 Å². The van der Waals surface area contributed by atoms with Crippen LogP contribution in [0.2, 0.25) is 0 Å². The molecule has 0 amide bonds. The van der Waals surface area contributed by atoms with E-state index in [1.165, 1.54) is 35.0 Å². The number of hydrogen-bond donors (Lipinski definition) is 1. The van der Waals surface area contributed by atoms with Gasteiger partial charge in [0.25, 0.3) is 0 Å². The normalized spacial score (nSPS) is 11.6. The van der Waals surface area contributed by atoms with Crippen molar-refractivity contribution in [2.45, 2.75) is 12.6 Å². The molecule has 1 heterocycles. The number of hydrogen-bond acceptors (Lipinski definition) is 2. The monoisotopic (exact) mass is 284 g/mol. The molecule has 4 nitrogen and oxygen atoms in total. The van der Waals surface area contributed by atoms with Crippen molar-refractivity contribution >= 4 is 5.97 Å². The highest BCUT2D eigenvalue weighted by Gasteiger charge is 2.27. The molecule has 0 atom stereocenters. The molecule has 0 aliphatic heterocycles. The van der Waals surface area contributed by atoms with Gasteiger partial charge in [0.1, 0.15) is 0 Å². The molecule has 0 unspecified atom stereocenters. The minimum Gasteiger partial charge on any atom is -0.476 e. The number of aromatic carboxylic acids is 1. The molecule has 0 bridgehead atoms. The van der Waals surface area contributed by atoms with Crippen LogP contribution < -0.4 is 0 Å². The van der Waals surface area contributed by atoms with Crippen LogP contribution in [0.5, 0.6) is 0 Å². The molecule has 0 aliphatic carbocycles. The summed E-state index contributed by atoms with van der Waals surface area (Å²) in [5.74, 6) is -1.15. The van der Waals surface area contributed by atoms with Crippen molar-refractivity contribution in [1.82, 2.24) is 9.78 Å². The Balaban J connectivity index is 2.28. The van der Waals surface area contributed by atoms with Gasteiger partial charge in [-0.15, -0.1) is 0 Å². The standard InChI is InChI=1S/C13H11F3N2O2/c1-18-11(6-10(17-18)12(19)20)9-4-2-8(3-5-9)7-13(14,15)16/h2-6H,7H2,1H3,(H,19,20). The zero-order valence-corrected chi connectivity index (χ0v) is 10.5. The fourth-order valence-corrected chi connectivity index (χ4v) is 1.87. The Bertz CT molecular complexity index is 630. The van der Waals surface area contributed by atoms with E-state index in [9.17, 15) is 18.0 Å². The van der Waals surface area contributed by atoms with Gasteiger partial charge >= 0.3 is 12.1 Å². The molecular weight excluding hydrogens is 273 g/mol. The fourth-order valence-electron chi connectivity index (χ4n) is 1.87. The molecule has 1 N–H and O–H groups in total. The summed E-state index contributed by atoms with van der Waals surface area (Å²) in [7, 11) is 1.57. The second-order valence-corrected chi connectivity index (χ2v) is 4.33. The van der Waals surface area contributed by atoms with Crippen molar-refractivity contribution in [3.8, 4) is 11.3 Å². The molecule has 106 valence electrons. The van der Waals surface area contributed by atoms with Crippen LogP contribution in [0.25, 0.3) is 11.3 Å². The summed E-state index contributed by atoms with van der Waals surface area (Å²) in [6, 6.07) is 7.15. The minimum absolute atomic E-state index is 0.109. The molecule has 1 aromatic heterocycles. The van der Waals surface area contributed by atoms with Gasteiger partial charge in [-0.25, -0.2) is 4.79 Å². The lowest BCUT2D eigenvalue weighted by Gasteiger charge is -2.07. The number of rotatable bonds is 3. The van der Waals surface area contributed by atoms with Crippen LogP contribution in [-0.2, 0) is 13.5 Å². The van der Waals surface area contributed by atoms with E-state index in [0.717, 1.165) is 0 Å². The van der Waals surface area contributed by atoms with Gasteiger partial charge in [0.05, 0.1) is 12.1 Å². The van der Waals surface area contributed by atoms with E-state index in [4.69, 9.17) is 5.11 Å². The van der Waals surface area contributed by atoms with E-state index in [1.807, 2.05) is 0 Å². The second-order valence-electron chi connectivity index (χ2n) is 4.33. The van der Waals surface area contributed by atoms with Crippen molar-refractivity contribution in [3.05, 3.63) is 41.6 Å². The number of alkyl halides is 3. The lowest BCUT2D eigenvalue weighted by molar-refractivity contribution is -0.127. The molecule has 0 aliphatic rings. The highest BCUT2D eigenvalue weighted by atomic mass is 19.4. The van der Waals surface area contributed by atoms with Gasteiger partial charge in [0.15, 0.2) is 5.69 Å².